The number of carbonyl (C=O) groups is 1. The highest BCUT2D eigenvalue weighted by atomic mass is 16.1. The Morgan fingerprint density at radius 2 is 2.11 bits per heavy atom. The Bertz CT molecular complexity index is 779. The number of H-pyrrole nitrogens is 1. The van der Waals surface area contributed by atoms with Crippen LogP contribution >= 0.6 is 0 Å². The van der Waals surface area contributed by atoms with Crippen LogP contribution in [0.4, 0.5) is 5.69 Å². The van der Waals surface area contributed by atoms with E-state index in [0.717, 1.165) is 0 Å². The molecule has 0 bridgehead atoms. The van der Waals surface area contributed by atoms with Crippen molar-refractivity contribution in [3.63, 3.8) is 0 Å². The van der Waals surface area contributed by atoms with Gasteiger partial charge in [0, 0.05) is 11.3 Å². The molecule has 0 atom stereocenters. The van der Waals surface area contributed by atoms with Crippen molar-refractivity contribution in [3.05, 3.63) is 36.3 Å². The van der Waals surface area contributed by atoms with Gasteiger partial charge in [-0.15, -0.1) is 0 Å². The Kier molecular flexibility index (Phi) is 2.38. The fourth-order valence-corrected chi connectivity index (χ4v) is 2.00. The fourth-order valence-electron chi connectivity index (χ4n) is 2.00. The highest BCUT2D eigenvalue weighted by molar-refractivity contribution is 6.06. The van der Waals surface area contributed by atoms with Crippen LogP contribution in [-0.2, 0) is 0 Å². The van der Waals surface area contributed by atoms with Crippen molar-refractivity contribution >= 4 is 22.6 Å². The number of aromatic nitrogens is 4. The smallest absolute Gasteiger partial charge is 0.249 e. The molecule has 0 radical (unpaired) electrons. The van der Waals surface area contributed by atoms with Crippen molar-refractivity contribution in [2.75, 3.05) is 5.73 Å². The Labute approximate surface area is 107 Å². The van der Waals surface area contributed by atoms with E-state index in [1.165, 1.54) is 6.33 Å². The predicted molar refractivity (Wildman–Crippen MR) is 70.0 cm³/mol. The number of hydrogen-bond donors (Lipinski definition) is 3. The van der Waals surface area contributed by atoms with Crippen LogP contribution in [0.25, 0.3) is 22.3 Å². The third-order valence-corrected chi connectivity index (χ3v) is 2.85. The molecule has 0 saturated carbocycles. The van der Waals surface area contributed by atoms with Gasteiger partial charge >= 0.3 is 0 Å². The normalized spacial score (nSPS) is 10.7. The number of fused-ring (bicyclic) bond motifs is 1. The van der Waals surface area contributed by atoms with Gasteiger partial charge in [-0.25, -0.2) is 9.97 Å². The number of anilines is 1. The number of nitrogens with one attached hydrogen (secondary N) is 1. The molecule has 19 heavy (non-hydrogen) atoms. The average Bonchev–Trinajstić information content (AvgIpc) is 2.86. The number of primary amides is 1. The first-order chi connectivity index (χ1) is 9.18. The summed E-state index contributed by atoms with van der Waals surface area (Å²) in [5, 5.41) is 7.33. The minimum atomic E-state index is -0.558. The van der Waals surface area contributed by atoms with E-state index in [-0.39, 0.29) is 0 Å². The summed E-state index contributed by atoms with van der Waals surface area (Å²) in [4.78, 5) is 19.8. The molecule has 0 aliphatic carbocycles. The molecule has 0 aliphatic heterocycles. The summed E-state index contributed by atoms with van der Waals surface area (Å²) in [6.45, 7) is 0. The standard InChI is InChI=1S/C12H10N6O/c13-8-3-1-2-6(11(14)19)9(8)10-7-4-17-18-12(7)16-5-15-10/h1-5H,13H2,(H2,14,19)(H,15,16,17,18). The molecular formula is C12H10N6O. The summed E-state index contributed by atoms with van der Waals surface area (Å²) in [6.07, 6.45) is 2.97. The molecule has 0 fully saturated rings. The molecule has 2 heterocycles. The van der Waals surface area contributed by atoms with Gasteiger partial charge in [0.15, 0.2) is 5.65 Å². The second-order valence-corrected chi connectivity index (χ2v) is 3.99. The minimum Gasteiger partial charge on any atom is -0.398 e. The summed E-state index contributed by atoms with van der Waals surface area (Å²) < 4.78 is 0. The molecule has 2 aromatic heterocycles. The molecule has 0 aliphatic rings. The summed E-state index contributed by atoms with van der Waals surface area (Å²) in [6, 6.07) is 4.98. The van der Waals surface area contributed by atoms with Crippen LogP contribution in [0.1, 0.15) is 10.4 Å². The fraction of sp³-hybridized carbons (Fsp3) is 0. The lowest BCUT2D eigenvalue weighted by atomic mass is 10.00. The van der Waals surface area contributed by atoms with Gasteiger partial charge in [-0.3, -0.25) is 9.89 Å². The van der Waals surface area contributed by atoms with E-state index in [1.54, 1.807) is 24.4 Å². The van der Waals surface area contributed by atoms with Gasteiger partial charge in [-0.1, -0.05) is 6.07 Å². The molecule has 1 aromatic carbocycles. The number of aromatic amines is 1. The van der Waals surface area contributed by atoms with E-state index in [0.29, 0.717) is 33.5 Å². The van der Waals surface area contributed by atoms with Crippen molar-refractivity contribution in [2.24, 2.45) is 5.73 Å². The Morgan fingerprint density at radius 3 is 2.89 bits per heavy atom. The Hall–Kier alpha value is -2.96. The number of carbonyl (C=O) groups excluding carboxylic acids is 1. The van der Waals surface area contributed by atoms with E-state index >= 15 is 0 Å². The maximum Gasteiger partial charge on any atom is 0.249 e. The van der Waals surface area contributed by atoms with Crippen molar-refractivity contribution < 1.29 is 4.79 Å². The van der Waals surface area contributed by atoms with Gasteiger partial charge in [-0.2, -0.15) is 5.10 Å². The predicted octanol–water partition coefficient (Wildman–Crippen LogP) is 0.701. The number of hydrogen-bond acceptors (Lipinski definition) is 5. The number of amides is 1. The third kappa shape index (κ3) is 1.68. The number of nitrogens with two attached hydrogens (primary N) is 2. The molecule has 0 saturated heterocycles. The summed E-state index contributed by atoms with van der Waals surface area (Å²) in [5.74, 6) is -0.558. The molecule has 94 valence electrons. The SMILES string of the molecule is NC(=O)c1cccc(N)c1-c1ncnc2[nH]ncc12. The summed E-state index contributed by atoms with van der Waals surface area (Å²) >= 11 is 0. The van der Waals surface area contributed by atoms with E-state index < -0.39 is 5.91 Å². The van der Waals surface area contributed by atoms with Gasteiger partial charge in [0.25, 0.3) is 0 Å². The van der Waals surface area contributed by atoms with Crippen molar-refractivity contribution in [2.45, 2.75) is 0 Å². The maximum absolute atomic E-state index is 11.5. The zero-order valence-electron chi connectivity index (χ0n) is 9.79. The van der Waals surface area contributed by atoms with Crippen molar-refractivity contribution in [1.29, 1.82) is 0 Å². The lowest BCUT2D eigenvalue weighted by molar-refractivity contribution is 0.100. The monoisotopic (exact) mass is 254 g/mol. The highest BCUT2D eigenvalue weighted by Crippen LogP contribution is 2.31. The lowest BCUT2D eigenvalue weighted by Crippen LogP contribution is -2.13. The zero-order chi connectivity index (χ0) is 13.4. The van der Waals surface area contributed by atoms with Gasteiger partial charge in [0.2, 0.25) is 5.91 Å². The van der Waals surface area contributed by atoms with Crippen LogP contribution in [0.15, 0.2) is 30.7 Å². The molecular weight excluding hydrogens is 244 g/mol. The number of rotatable bonds is 2. The quantitative estimate of drug-likeness (QED) is 0.581. The largest absolute Gasteiger partial charge is 0.398 e. The highest BCUT2D eigenvalue weighted by Gasteiger charge is 2.17. The zero-order valence-corrected chi connectivity index (χ0v) is 9.79. The molecule has 0 unspecified atom stereocenters. The van der Waals surface area contributed by atoms with E-state index in [9.17, 15) is 4.79 Å². The van der Waals surface area contributed by atoms with Gasteiger partial charge in [0.05, 0.1) is 22.8 Å². The van der Waals surface area contributed by atoms with Gasteiger partial charge in [0.1, 0.15) is 6.33 Å². The molecule has 7 heteroatoms. The van der Waals surface area contributed by atoms with Crippen LogP contribution in [-0.4, -0.2) is 26.1 Å². The van der Waals surface area contributed by atoms with Crippen LogP contribution in [0.2, 0.25) is 0 Å². The molecule has 1 amide bonds. The first-order valence-corrected chi connectivity index (χ1v) is 5.51. The summed E-state index contributed by atoms with van der Waals surface area (Å²) in [7, 11) is 0. The van der Waals surface area contributed by atoms with E-state index in [2.05, 4.69) is 20.2 Å². The molecule has 3 rings (SSSR count). The van der Waals surface area contributed by atoms with Gasteiger partial charge in [-0.05, 0) is 12.1 Å². The summed E-state index contributed by atoms with van der Waals surface area (Å²) in [5.41, 5.74) is 13.7. The van der Waals surface area contributed by atoms with Crippen LogP contribution in [0.3, 0.4) is 0 Å². The van der Waals surface area contributed by atoms with Gasteiger partial charge < -0.3 is 11.5 Å². The first kappa shape index (κ1) is 11.1. The second-order valence-electron chi connectivity index (χ2n) is 3.99. The van der Waals surface area contributed by atoms with Crippen LogP contribution in [0, 0.1) is 0 Å². The van der Waals surface area contributed by atoms with Crippen LogP contribution < -0.4 is 11.5 Å². The molecule has 7 nitrogen and oxygen atoms in total. The minimum absolute atomic E-state index is 0.321. The first-order valence-electron chi connectivity index (χ1n) is 5.51. The molecule has 5 N–H and O–H groups in total. The number of nitrogens with zero attached hydrogens (tertiary/aromatic N) is 3. The average molecular weight is 254 g/mol. The second kappa shape index (κ2) is 4.05. The number of nitrogen functional groups attached to an aromatic ring is 1. The maximum atomic E-state index is 11.5. The lowest BCUT2D eigenvalue weighted by Gasteiger charge is -2.09. The molecule has 0 spiro atoms. The van der Waals surface area contributed by atoms with Crippen molar-refractivity contribution in [1.82, 2.24) is 20.2 Å². The van der Waals surface area contributed by atoms with E-state index in [1.807, 2.05) is 0 Å². The van der Waals surface area contributed by atoms with Crippen LogP contribution in [0.5, 0.6) is 0 Å². The Morgan fingerprint density at radius 1 is 1.26 bits per heavy atom. The topological polar surface area (TPSA) is 124 Å². The van der Waals surface area contributed by atoms with Crippen molar-refractivity contribution in [3.8, 4) is 11.3 Å². The molecule has 3 aromatic rings. The third-order valence-electron chi connectivity index (χ3n) is 2.85. The number of benzene rings is 1. The Balaban J connectivity index is 2.39. The van der Waals surface area contributed by atoms with E-state index in [4.69, 9.17) is 11.5 Å².